The molecule has 2 heteroatoms. The van der Waals surface area contributed by atoms with Crippen LogP contribution in [-0.2, 0) is 16.0 Å². The zero-order valence-electron chi connectivity index (χ0n) is 13.3. The molecule has 0 bridgehead atoms. The van der Waals surface area contributed by atoms with E-state index in [1.54, 1.807) is 0 Å². The SMILES string of the molecule is Cc1ccc(CC(=O)C2CCOC3(CCCC3)C2)cc1C. The Kier molecular flexibility index (Phi) is 4.17. The van der Waals surface area contributed by atoms with Crippen molar-refractivity contribution in [3.8, 4) is 0 Å². The number of rotatable bonds is 3. The summed E-state index contributed by atoms with van der Waals surface area (Å²) in [7, 11) is 0. The van der Waals surface area contributed by atoms with Crippen molar-refractivity contribution >= 4 is 5.78 Å². The van der Waals surface area contributed by atoms with Crippen molar-refractivity contribution in [1.82, 2.24) is 0 Å². The third-order valence-electron chi connectivity index (χ3n) is 5.41. The Morgan fingerprint density at radius 3 is 2.71 bits per heavy atom. The van der Waals surface area contributed by atoms with Crippen LogP contribution in [0.25, 0.3) is 0 Å². The second kappa shape index (κ2) is 5.92. The summed E-state index contributed by atoms with van der Waals surface area (Å²) in [5, 5.41) is 0. The van der Waals surface area contributed by atoms with E-state index in [-0.39, 0.29) is 11.5 Å². The molecule has 114 valence electrons. The van der Waals surface area contributed by atoms with Crippen LogP contribution in [0.15, 0.2) is 18.2 Å². The first-order valence-corrected chi connectivity index (χ1v) is 8.31. The Hall–Kier alpha value is -1.15. The lowest BCUT2D eigenvalue weighted by atomic mass is 9.81. The van der Waals surface area contributed by atoms with Crippen molar-refractivity contribution in [2.45, 2.75) is 64.4 Å². The lowest BCUT2D eigenvalue weighted by molar-refractivity contribution is -0.135. The van der Waals surface area contributed by atoms with Crippen LogP contribution in [-0.4, -0.2) is 18.0 Å². The molecule has 1 aromatic rings. The van der Waals surface area contributed by atoms with Gasteiger partial charge in [-0.15, -0.1) is 0 Å². The molecule has 21 heavy (non-hydrogen) atoms. The minimum Gasteiger partial charge on any atom is -0.375 e. The number of ketones is 1. The maximum absolute atomic E-state index is 12.6. The van der Waals surface area contributed by atoms with Crippen LogP contribution in [0.5, 0.6) is 0 Å². The molecule has 3 rings (SSSR count). The van der Waals surface area contributed by atoms with E-state index >= 15 is 0 Å². The van der Waals surface area contributed by atoms with E-state index in [0.717, 1.165) is 37.9 Å². The molecule has 0 radical (unpaired) electrons. The van der Waals surface area contributed by atoms with Gasteiger partial charge in [0, 0.05) is 18.9 Å². The molecule has 1 saturated carbocycles. The highest BCUT2D eigenvalue weighted by Crippen LogP contribution is 2.42. The molecule has 1 atom stereocenters. The average molecular weight is 286 g/mol. The minimum atomic E-state index is 0.0434. The topological polar surface area (TPSA) is 26.3 Å². The Balaban J connectivity index is 1.65. The highest BCUT2D eigenvalue weighted by molar-refractivity contribution is 5.83. The lowest BCUT2D eigenvalue weighted by Crippen LogP contribution is -2.40. The summed E-state index contributed by atoms with van der Waals surface area (Å²) in [6, 6.07) is 6.39. The van der Waals surface area contributed by atoms with Gasteiger partial charge in [0.2, 0.25) is 0 Å². The van der Waals surface area contributed by atoms with Crippen LogP contribution in [0.1, 0.15) is 55.2 Å². The van der Waals surface area contributed by atoms with Crippen LogP contribution in [0.2, 0.25) is 0 Å². The average Bonchev–Trinajstić information content (AvgIpc) is 2.91. The van der Waals surface area contributed by atoms with Gasteiger partial charge >= 0.3 is 0 Å². The van der Waals surface area contributed by atoms with Gasteiger partial charge in [0.15, 0.2) is 0 Å². The third kappa shape index (κ3) is 3.21. The third-order valence-corrected chi connectivity index (χ3v) is 5.41. The second-order valence-corrected chi connectivity index (χ2v) is 6.99. The molecule has 0 amide bonds. The second-order valence-electron chi connectivity index (χ2n) is 6.99. The van der Waals surface area contributed by atoms with Crippen molar-refractivity contribution in [2.24, 2.45) is 5.92 Å². The molecule has 1 aliphatic carbocycles. The standard InChI is InChI=1S/C19H26O2/c1-14-5-6-16(11-15(14)2)12-18(20)17-7-10-21-19(13-17)8-3-4-9-19/h5-6,11,17H,3-4,7-10,12-13H2,1-2H3. The van der Waals surface area contributed by atoms with Crippen molar-refractivity contribution in [3.63, 3.8) is 0 Å². The summed E-state index contributed by atoms with van der Waals surface area (Å²) in [6.45, 7) is 5.00. The molecule has 1 unspecified atom stereocenters. The van der Waals surface area contributed by atoms with Crippen molar-refractivity contribution < 1.29 is 9.53 Å². The van der Waals surface area contributed by atoms with Gasteiger partial charge in [-0.3, -0.25) is 4.79 Å². The zero-order valence-corrected chi connectivity index (χ0v) is 13.3. The van der Waals surface area contributed by atoms with E-state index < -0.39 is 0 Å². The van der Waals surface area contributed by atoms with Gasteiger partial charge in [0.25, 0.3) is 0 Å². The molecule has 1 saturated heterocycles. The summed E-state index contributed by atoms with van der Waals surface area (Å²) < 4.78 is 6.04. The molecule has 2 aliphatic rings. The normalized spacial score (nSPS) is 24.4. The van der Waals surface area contributed by atoms with Gasteiger partial charge < -0.3 is 4.74 Å². The van der Waals surface area contributed by atoms with Crippen molar-refractivity contribution in [1.29, 1.82) is 0 Å². The number of aryl methyl sites for hydroxylation is 2. The lowest BCUT2D eigenvalue weighted by Gasteiger charge is -2.37. The number of hydrogen-bond acceptors (Lipinski definition) is 2. The highest BCUT2D eigenvalue weighted by Gasteiger charge is 2.41. The Morgan fingerprint density at radius 1 is 1.24 bits per heavy atom. The number of ether oxygens (including phenoxy) is 1. The monoisotopic (exact) mass is 286 g/mol. The molecule has 0 N–H and O–H groups in total. The molecule has 1 aliphatic heterocycles. The first-order valence-electron chi connectivity index (χ1n) is 8.31. The smallest absolute Gasteiger partial charge is 0.140 e. The minimum absolute atomic E-state index is 0.0434. The maximum Gasteiger partial charge on any atom is 0.140 e. The van der Waals surface area contributed by atoms with Crippen LogP contribution < -0.4 is 0 Å². The van der Waals surface area contributed by atoms with Crippen molar-refractivity contribution in [3.05, 3.63) is 34.9 Å². The Morgan fingerprint density at radius 2 is 2.00 bits per heavy atom. The molecule has 2 fully saturated rings. The molecule has 2 nitrogen and oxygen atoms in total. The highest BCUT2D eigenvalue weighted by atomic mass is 16.5. The van der Waals surface area contributed by atoms with Crippen molar-refractivity contribution in [2.75, 3.05) is 6.61 Å². The van der Waals surface area contributed by atoms with E-state index in [1.165, 1.54) is 24.0 Å². The number of benzene rings is 1. The Bertz CT molecular complexity index is 526. The van der Waals surface area contributed by atoms with Gasteiger partial charge in [-0.2, -0.15) is 0 Å². The van der Waals surface area contributed by atoms with Crippen LogP contribution in [0, 0.1) is 19.8 Å². The molecule has 1 heterocycles. The van der Waals surface area contributed by atoms with E-state index in [9.17, 15) is 4.79 Å². The van der Waals surface area contributed by atoms with Gasteiger partial charge in [-0.25, -0.2) is 0 Å². The van der Waals surface area contributed by atoms with Crippen LogP contribution in [0.4, 0.5) is 0 Å². The quantitative estimate of drug-likeness (QED) is 0.834. The number of carbonyl (C=O) groups is 1. The van der Waals surface area contributed by atoms with E-state index in [0.29, 0.717) is 12.2 Å². The number of hydrogen-bond donors (Lipinski definition) is 0. The largest absolute Gasteiger partial charge is 0.375 e. The molecular weight excluding hydrogens is 260 g/mol. The number of carbonyl (C=O) groups excluding carboxylic acids is 1. The summed E-state index contributed by atoms with van der Waals surface area (Å²) in [5.41, 5.74) is 3.78. The van der Waals surface area contributed by atoms with Gasteiger partial charge in [-0.1, -0.05) is 31.0 Å². The fraction of sp³-hybridized carbons (Fsp3) is 0.632. The molecule has 1 spiro atoms. The number of Topliss-reactive ketones (excluding diaryl/α,β-unsaturated/α-hetero) is 1. The van der Waals surface area contributed by atoms with Gasteiger partial charge in [-0.05, 0) is 56.2 Å². The Labute approximate surface area is 127 Å². The summed E-state index contributed by atoms with van der Waals surface area (Å²) in [5.74, 6) is 0.617. The van der Waals surface area contributed by atoms with Crippen LogP contribution >= 0.6 is 0 Å². The maximum atomic E-state index is 12.6. The predicted octanol–water partition coefficient (Wildman–Crippen LogP) is 4.15. The fourth-order valence-corrected chi connectivity index (χ4v) is 3.93. The first-order chi connectivity index (χ1) is 10.1. The molecular formula is C19H26O2. The zero-order chi connectivity index (χ0) is 14.9. The fourth-order valence-electron chi connectivity index (χ4n) is 3.93. The summed E-state index contributed by atoms with van der Waals surface area (Å²) in [4.78, 5) is 12.6. The summed E-state index contributed by atoms with van der Waals surface area (Å²) in [6.07, 6.45) is 7.28. The van der Waals surface area contributed by atoms with Crippen LogP contribution in [0.3, 0.4) is 0 Å². The van der Waals surface area contributed by atoms with E-state index in [1.807, 2.05) is 0 Å². The molecule has 0 aromatic heterocycles. The first kappa shape index (κ1) is 14.8. The summed E-state index contributed by atoms with van der Waals surface area (Å²) >= 11 is 0. The van der Waals surface area contributed by atoms with Gasteiger partial charge in [0.1, 0.15) is 5.78 Å². The predicted molar refractivity (Wildman–Crippen MR) is 84.5 cm³/mol. The van der Waals surface area contributed by atoms with Gasteiger partial charge in [0.05, 0.1) is 5.60 Å². The van der Waals surface area contributed by atoms with E-state index in [2.05, 4.69) is 32.0 Å². The molecule has 1 aromatic carbocycles. The van der Waals surface area contributed by atoms with E-state index in [4.69, 9.17) is 4.74 Å².